The van der Waals surface area contributed by atoms with Crippen LogP contribution >= 0.6 is 23.2 Å². The predicted octanol–water partition coefficient (Wildman–Crippen LogP) is 7.00. The highest BCUT2D eigenvalue weighted by Crippen LogP contribution is 2.38. The van der Waals surface area contributed by atoms with Crippen molar-refractivity contribution in [1.29, 1.82) is 0 Å². The standard InChI is InChI=1S/C24H24ClN5O.C18H20ClN3/c25-19-5-6-21-18(16-19)4-3-17-2-1-9-27-22(17)23(21)29-12-14-30(15-13-29)24(31)28-20-7-10-26-11-8-20;19-15-5-6-16-14(12-15)4-3-13-2-1-7-21-17(13)18(16)22-10-8-20-9-11-22/h1-2,5-11,16,23H,3-4,12-15H2,(H,26,28,31);1-2,5-7,12,18,20H,3-4,8-11H2. The number of aryl methyl sites for hydroxylation is 4. The Morgan fingerprint density at radius 3 is 1.68 bits per heavy atom. The van der Waals surface area contributed by atoms with Gasteiger partial charge in [0.15, 0.2) is 0 Å². The van der Waals surface area contributed by atoms with Crippen molar-refractivity contribution in [3.05, 3.63) is 152 Å². The van der Waals surface area contributed by atoms with Gasteiger partial charge < -0.3 is 15.5 Å². The molecule has 2 aliphatic heterocycles. The van der Waals surface area contributed by atoms with Crippen molar-refractivity contribution in [3.8, 4) is 0 Å². The van der Waals surface area contributed by atoms with Gasteiger partial charge in [-0.2, -0.15) is 0 Å². The minimum absolute atomic E-state index is 0.0718. The van der Waals surface area contributed by atoms with Crippen molar-refractivity contribution >= 4 is 34.9 Å². The van der Waals surface area contributed by atoms with Crippen LogP contribution in [0.2, 0.25) is 10.0 Å². The second-order valence-electron chi connectivity index (χ2n) is 14.1. The Morgan fingerprint density at radius 2 is 1.13 bits per heavy atom. The van der Waals surface area contributed by atoms with Gasteiger partial charge in [-0.1, -0.05) is 47.5 Å². The van der Waals surface area contributed by atoms with Crippen molar-refractivity contribution in [1.82, 2.24) is 35.0 Å². The number of carbonyl (C=O) groups is 1. The van der Waals surface area contributed by atoms with Crippen LogP contribution in [0.25, 0.3) is 0 Å². The summed E-state index contributed by atoms with van der Waals surface area (Å²) >= 11 is 12.5. The number of amides is 2. The molecule has 0 radical (unpaired) electrons. The number of urea groups is 1. The van der Waals surface area contributed by atoms with Crippen molar-refractivity contribution in [3.63, 3.8) is 0 Å². The molecule has 2 aliphatic carbocycles. The number of nitrogens with one attached hydrogen (secondary N) is 2. The number of anilines is 1. The number of halogens is 2. The maximum atomic E-state index is 12.7. The van der Waals surface area contributed by atoms with E-state index in [-0.39, 0.29) is 18.1 Å². The molecule has 2 N–H and O–H groups in total. The Labute approximate surface area is 321 Å². The van der Waals surface area contributed by atoms with Crippen LogP contribution in [0, 0.1) is 0 Å². The van der Waals surface area contributed by atoms with Gasteiger partial charge in [-0.25, -0.2) is 4.79 Å². The van der Waals surface area contributed by atoms with Crippen LogP contribution in [0.15, 0.2) is 97.6 Å². The summed E-state index contributed by atoms with van der Waals surface area (Å²) in [5.41, 5.74) is 11.1. The Hall–Kier alpha value is -4.38. The zero-order chi connectivity index (χ0) is 36.1. The van der Waals surface area contributed by atoms with Crippen LogP contribution in [0.5, 0.6) is 0 Å². The van der Waals surface area contributed by atoms with Gasteiger partial charge >= 0.3 is 6.03 Å². The fraction of sp³-hybridized carbons (Fsp3) is 0.333. The summed E-state index contributed by atoms with van der Waals surface area (Å²) in [6.45, 7) is 7.10. The maximum absolute atomic E-state index is 12.7. The minimum atomic E-state index is -0.0718. The van der Waals surface area contributed by atoms with Crippen LogP contribution in [-0.2, 0) is 25.7 Å². The lowest BCUT2D eigenvalue weighted by atomic mass is 9.96. The molecule has 2 atom stereocenters. The number of hydrogen-bond acceptors (Lipinski definition) is 7. The second-order valence-corrected chi connectivity index (χ2v) is 14.9. The molecular weight excluding hydrogens is 703 g/mol. The number of carbonyl (C=O) groups excluding carboxylic acids is 1. The number of rotatable bonds is 3. The van der Waals surface area contributed by atoms with Crippen LogP contribution in [-0.4, -0.2) is 88.0 Å². The van der Waals surface area contributed by atoms with Crippen molar-refractivity contribution < 1.29 is 4.79 Å². The first-order chi connectivity index (χ1) is 26.0. The highest BCUT2D eigenvalue weighted by Gasteiger charge is 2.34. The first-order valence-electron chi connectivity index (χ1n) is 18.6. The number of benzene rings is 2. The van der Waals surface area contributed by atoms with Crippen LogP contribution < -0.4 is 10.6 Å². The van der Waals surface area contributed by atoms with Crippen LogP contribution in [0.4, 0.5) is 10.5 Å². The third-order valence-corrected chi connectivity index (χ3v) is 11.4. The van der Waals surface area contributed by atoms with E-state index in [2.05, 4.69) is 67.9 Å². The lowest BCUT2D eigenvalue weighted by molar-refractivity contribution is 0.125. The zero-order valence-electron chi connectivity index (χ0n) is 29.7. The SMILES string of the molecule is Clc1ccc2c(c1)CCc1cccnc1C2N1CCNCC1.O=C(Nc1ccncc1)N1CCN(C2c3ccc(Cl)cc3CCc3cccnc32)CC1. The molecule has 3 aromatic heterocycles. The summed E-state index contributed by atoms with van der Waals surface area (Å²) in [4.78, 5) is 33.1. The van der Waals surface area contributed by atoms with Crippen LogP contribution in [0.1, 0.15) is 56.9 Å². The molecule has 0 bridgehead atoms. The lowest BCUT2D eigenvalue weighted by Gasteiger charge is -2.39. The fourth-order valence-electron chi connectivity index (χ4n) is 8.27. The predicted molar refractivity (Wildman–Crippen MR) is 211 cm³/mol. The monoisotopic (exact) mass is 746 g/mol. The number of hydrogen-bond donors (Lipinski definition) is 2. The topological polar surface area (TPSA) is 89.5 Å². The zero-order valence-corrected chi connectivity index (χ0v) is 31.2. The summed E-state index contributed by atoms with van der Waals surface area (Å²) in [6.07, 6.45) is 11.2. The van der Waals surface area contributed by atoms with Gasteiger partial charge in [0.2, 0.25) is 0 Å². The molecule has 272 valence electrons. The molecule has 5 heterocycles. The van der Waals surface area contributed by atoms with E-state index < -0.39 is 0 Å². The summed E-state index contributed by atoms with van der Waals surface area (Å²) in [5.74, 6) is 0. The fourth-order valence-corrected chi connectivity index (χ4v) is 8.66. The largest absolute Gasteiger partial charge is 0.322 e. The highest BCUT2D eigenvalue weighted by molar-refractivity contribution is 6.31. The molecule has 53 heavy (non-hydrogen) atoms. The molecule has 9 nitrogen and oxygen atoms in total. The van der Waals surface area contributed by atoms with Gasteiger partial charge in [0.1, 0.15) is 0 Å². The molecular formula is C42H44Cl2N8O. The summed E-state index contributed by atoms with van der Waals surface area (Å²) < 4.78 is 0. The third-order valence-electron chi connectivity index (χ3n) is 10.9. The van der Waals surface area contributed by atoms with E-state index in [4.69, 9.17) is 33.2 Å². The number of nitrogens with zero attached hydrogens (tertiary/aromatic N) is 6. The average molecular weight is 748 g/mol. The van der Waals surface area contributed by atoms with E-state index in [0.717, 1.165) is 86.4 Å². The molecule has 9 rings (SSSR count). The number of fused-ring (bicyclic) bond motifs is 4. The molecule has 4 aliphatic rings. The molecule has 2 amide bonds. The minimum Gasteiger partial charge on any atom is -0.322 e. The normalized spacial score (nSPS) is 19.9. The number of aromatic nitrogens is 3. The van der Waals surface area contributed by atoms with Gasteiger partial charge in [-0.05, 0) is 108 Å². The number of pyridine rings is 3. The Morgan fingerprint density at radius 1 is 0.623 bits per heavy atom. The van der Waals surface area contributed by atoms with E-state index in [1.165, 1.54) is 39.1 Å². The van der Waals surface area contributed by atoms with Crippen molar-refractivity contribution in [2.45, 2.75) is 37.8 Å². The van der Waals surface area contributed by atoms with E-state index in [9.17, 15) is 4.79 Å². The van der Waals surface area contributed by atoms with Crippen molar-refractivity contribution in [2.75, 3.05) is 57.7 Å². The molecule has 2 fully saturated rings. The lowest BCUT2D eigenvalue weighted by Crippen LogP contribution is -2.51. The van der Waals surface area contributed by atoms with Gasteiger partial charge in [0.25, 0.3) is 0 Å². The van der Waals surface area contributed by atoms with Gasteiger partial charge in [-0.15, -0.1) is 0 Å². The Kier molecular flexibility index (Phi) is 11.0. The summed E-state index contributed by atoms with van der Waals surface area (Å²) in [6, 6.07) is 24.9. The molecule has 5 aromatic rings. The molecule has 11 heteroatoms. The smallest absolute Gasteiger partial charge is 0.321 e. The molecule has 2 unspecified atom stereocenters. The maximum Gasteiger partial charge on any atom is 0.321 e. The van der Waals surface area contributed by atoms with Crippen molar-refractivity contribution in [2.24, 2.45) is 0 Å². The Balaban J connectivity index is 0.000000160. The molecule has 0 saturated carbocycles. The highest BCUT2D eigenvalue weighted by atomic mass is 35.5. The van der Waals surface area contributed by atoms with Gasteiger partial charge in [0.05, 0.1) is 23.5 Å². The average Bonchev–Trinajstić information content (AvgIpc) is 3.46. The molecule has 2 aromatic carbocycles. The van der Waals surface area contributed by atoms with Crippen LogP contribution in [0.3, 0.4) is 0 Å². The van der Waals surface area contributed by atoms with E-state index in [1.54, 1.807) is 24.5 Å². The Bertz CT molecular complexity index is 2050. The quantitative estimate of drug-likeness (QED) is 0.206. The molecule has 2 saturated heterocycles. The second kappa shape index (κ2) is 16.3. The van der Waals surface area contributed by atoms with E-state index >= 15 is 0 Å². The van der Waals surface area contributed by atoms with Gasteiger partial charge in [0, 0.05) is 92.9 Å². The number of piperazine rings is 2. The molecule has 0 spiro atoms. The first kappa shape index (κ1) is 35.6. The first-order valence-corrected chi connectivity index (χ1v) is 19.4. The third kappa shape index (κ3) is 7.95. The van der Waals surface area contributed by atoms with E-state index in [0.29, 0.717) is 13.1 Å². The van der Waals surface area contributed by atoms with E-state index in [1.807, 2.05) is 35.5 Å². The summed E-state index contributed by atoms with van der Waals surface area (Å²) in [7, 11) is 0. The van der Waals surface area contributed by atoms with Gasteiger partial charge in [-0.3, -0.25) is 24.8 Å². The summed E-state index contributed by atoms with van der Waals surface area (Å²) in [5, 5.41) is 8.00.